The van der Waals surface area contributed by atoms with E-state index in [-0.39, 0.29) is 17.3 Å². The Labute approximate surface area is 150 Å². The Morgan fingerprint density at radius 2 is 2.15 bits per heavy atom. The number of rotatable bonds is 7. The van der Waals surface area contributed by atoms with Crippen LogP contribution in [-0.2, 0) is 11.3 Å². The normalized spacial score (nSPS) is 15.7. The van der Waals surface area contributed by atoms with E-state index in [2.05, 4.69) is 4.98 Å². The van der Waals surface area contributed by atoms with Gasteiger partial charge >= 0.3 is 7.12 Å². The first-order valence-corrected chi connectivity index (χ1v) is 8.52. The summed E-state index contributed by atoms with van der Waals surface area (Å²) in [5.41, 5.74) is 1.82. The van der Waals surface area contributed by atoms with Crippen LogP contribution in [0.5, 0.6) is 17.5 Å². The molecule has 2 N–H and O–H groups in total. The zero-order valence-corrected chi connectivity index (χ0v) is 14.1. The molecule has 1 aromatic heterocycles. The summed E-state index contributed by atoms with van der Waals surface area (Å²) < 4.78 is 16.6. The summed E-state index contributed by atoms with van der Waals surface area (Å²) in [6.07, 6.45) is 2.23. The van der Waals surface area contributed by atoms with Crippen molar-refractivity contribution in [3.8, 4) is 17.5 Å². The minimum absolute atomic E-state index is 0.174. The van der Waals surface area contributed by atoms with Crippen molar-refractivity contribution in [3.05, 3.63) is 41.5 Å². The van der Waals surface area contributed by atoms with Crippen molar-refractivity contribution in [1.29, 1.82) is 0 Å². The van der Waals surface area contributed by atoms with E-state index in [1.165, 1.54) is 0 Å². The highest BCUT2D eigenvalue weighted by atomic mass is 16.5. The van der Waals surface area contributed by atoms with Crippen molar-refractivity contribution in [2.24, 2.45) is 5.92 Å². The zero-order valence-electron chi connectivity index (χ0n) is 14.1. The SMILES string of the molecule is O=C(CO)c1ccc(Oc2ccc3c(c2)COB3O)nc1OCC1CC1. The van der Waals surface area contributed by atoms with Crippen LogP contribution in [0.25, 0.3) is 0 Å². The first-order chi connectivity index (χ1) is 12.6. The number of ether oxygens (including phenoxy) is 2. The predicted octanol–water partition coefficient (Wildman–Crippen LogP) is 1.06. The van der Waals surface area contributed by atoms with Gasteiger partial charge in [-0.25, -0.2) is 0 Å². The number of Topliss-reactive ketones (excluding diaryl/α,β-unsaturated/α-hetero) is 1. The van der Waals surface area contributed by atoms with Crippen LogP contribution >= 0.6 is 0 Å². The van der Waals surface area contributed by atoms with E-state index in [1.807, 2.05) is 0 Å². The second kappa shape index (κ2) is 7.07. The Bertz CT molecular complexity index is 838. The smallest absolute Gasteiger partial charge is 0.477 e. The maximum Gasteiger partial charge on any atom is 0.491 e. The number of ketones is 1. The van der Waals surface area contributed by atoms with Crippen LogP contribution in [0.2, 0.25) is 0 Å². The first-order valence-electron chi connectivity index (χ1n) is 8.52. The molecule has 134 valence electrons. The van der Waals surface area contributed by atoms with Gasteiger partial charge in [-0.15, -0.1) is 0 Å². The molecule has 1 aliphatic heterocycles. The van der Waals surface area contributed by atoms with Gasteiger partial charge in [0.25, 0.3) is 0 Å². The van der Waals surface area contributed by atoms with Gasteiger partial charge in [-0.1, -0.05) is 6.07 Å². The lowest BCUT2D eigenvalue weighted by atomic mass is 9.80. The minimum atomic E-state index is -0.900. The molecule has 0 amide bonds. The Balaban J connectivity index is 1.56. The van der Waals surface area contributed by atoms with Gasteiger partial charge in [-0.3, -0.25) is 4.79 Å². The Hall–Kier alpha value is -2.42. The summed E-state index contributed by atoms with van der Waals surface area (Å²) >= 11 is 0. The van der Waals surface area contributed by atoms with Crippen molar-refractivity contribution < 1.29 is 29.1 Å². The fourth-order valence-corrected chi connectivity index (χ4v) is 2.76. The summed E-state index contributed by atoms with van der Waals surface area (Å²) in [4.78, 5) is 16.2. The lowest BCUT2D eigenvalue weighted by molar-refractivity contribution is 0.0898. The Morgan fingerprint density at radius 3 is 2.92 bits per heavy atom. The molecule has 0 radical (unpaired) electrons. The minimum Gasteiger partial charge on any atom is -0.477 e. The molecule has 0 saturated heterocycles. The van der Waals surface area contributed by atoms with Gasteiger partial charge in [0.05, 0.1) is 18.8 Å². The van der Waals surface area contributed by atoms with Gasteiger partial charge in [0.15, 0.2) is 5.78 Å². The molecule has 1 fully saturated rings. The summed E-state index contributed by atoms with van der Waals surface area (Å²) in [7, 11) is -0.900. The van der Waals surface area contributed by atoms with Crippen LogP contribution in [-0.4, -0.2) is 41.2 Å². The summed E-state index contributed by atoms with van der Waals surface area (Å²) in [6.45, 7) is 0.214. The van der Waals surface area contributed by atoms with E-state index in [1.54, 1.807) is 30.3 Å². The van der Waals surface area contributed by atoms with Crippen LogP contribution in [0.1, 0.15) is 28.8 Å². The third-order valence-corrected chi connectivity index (χ3v) is 4.43. The second-order valence-corrected chi connectivity index (χ2v) is 6.46. The molecule has 0 atom stereocenters. The number of hydrogen-bond acceptors (Lipinski definition) is 7. The van der Waals surface area contributed by atoms with Gasteiger partial charge in [-0.2, -0.15) is 4.98 Å². The molecule has 2 aliphatic rings. The molecule has 4 rings (SSSR count). The number of nitrogens with zero attached hydrogens (tertiary/aromatic N) is 1. The van der Waals surface area contributed by atoms with Gasteiger partial charge in [-0.05, 0) is 48.0 Å². The number of fused-ring (bicyclic) bond motifs is 1. The summed E-state index contributed by atoms with van der Waals surface area (Å²) in [5.74, 6) is 1.06. The third kappa shape index (κ3) is 3.57. The maximum atomic E-state index is 11.9. The van der Waals surface area contributed by atoms with Gasteiger partial charge in [0.2, 0.25) is 11.8 Å². The lowest BCUT2D eigenvalue weighted by Gasteiger charge is -2.12. The van der Waals surface area contributed by atoms with Crippen molar-refractivity contribution >= 4 is 18.4 Å². The first kappa shape index (κ1) is 17.0. The van der Waals surface area contributed by atoms with E-state index in [9.17, 15) is 9.82 Å². The van der Waals surface area contributed by atoms with E-state index >= 15 is 0 Å². The van der Waals surface area contributed by atoms with E-state index in [0.717, 1.165) is 23.9 Å². The molecule has 8 heteroatoms. The standard InChI is InChI=1S/C18H18BNO6/c21-8-16(22)14-4-6-17(20-18(14)24-9-11-1-2-11)26-13-3-5-15-12(7-13)10-25-19(15)23/h3-7,11,21,23H,1-2,8-10H2. The fraction of sp³-hybridized carbons (Fsp3) is 0.333. The van der Waals surface area contributed by atoms with Crippen LogP contribution in [0, 0.1) is 5.92 Å². The number of hydrogen-bond donors (Lipinski definition) is 2. The lowest BCUT2D eigenvalue weighted by Crippen LogP contribution is -2.27. The van der Waals surface area contributed by atoms with Crippen LogP contribution in [0.15, 0.2) is 30.3 Å². The van der Waals surface area contributed by atoms with Crippen LogP contribution in [0.3, 0.4) is 0 Å². The van der Waals surface area contributed by atoms with Crippen molar-refractivity contribution in [2.75, 3.05) is 13.2 Å². The number of benzene rings is 1. The monoisotopic (exact) mass is 355 g/mol. The van der Waals surface area contributed by atoms with Gasteiger partial charge in [0, 0.05) is 6.07 Å². The van der Waals surface area contributed by atoms with E-state index < -0.39 is 19.5 Å². The number of carbonyl (C=O) groups excluding carboxylic acids is 1. The molecule has 2 heterocycles. The summed E-state index contributed by atoms with van der Waals surface area (Å²) in [6, 6.07) is 8.35. The predicted molar refractivity (Wildman–Crippen MR) is 92.8 cm³/mol. The van der Waals surface area contributed by atoms with E-state index in [4.69, 9.17) is 19.2 Å². The number of carbonyl (C=O) groups is 1. The highest BCUT2D eigenvalue weighted by Gasteiger charge is 2.27. The molecular formula is C18H18BNO6. The molecule has 26 heavy (non-hydrogen) atoms. The molecule has 0 unspecified atom stereocenters. The number of aromatic nitrogens is 1. The topological polar surface area (TPSA) is 98.1 Å². The average molecular weight is 355 g/mol. The quantitative estimate of drug-likeness (QED) is 0.566. The molecule has 2 aromatic rings. The number of aliphatic hydroxyl groups is 1. The maximum absolute atomic E-state index is 11.9. The largest absolute Gasteiger partial charge is 0.491 e. The number of aliphatic hydroxyl groups excluding tert-OH is 1. The van der Waals surface area contributed by atoms with Crippen molar-refractivity contribution in [1.82, 2.24) is 4.98 Å². The fourth-order valence-electron chi connectivity index (χ4n) is 2.76. The molecule has 1 saturated carbocycles. The van der Waals surface area contributed by atoms with Crippen molar-refractivity contribution in [3.63, 3.8) is 0 Å². The zero-order chi connectivity index (χ0) is 18.1. The van der Waals surface area contributed by atoms with Crippen molar-refractivity contribution in [2.45, 2.75) is 19.4 Å². The molecule has 1 aromatic carbocycles. The van der Waals surface area contributed by atoms with E-state index in [0.29, 0.717) is 24.9 Å². The highest BCUT2D eigenvalue weighted by Crippen LogP contribution is 2.31. The highest BCUT2D eigenvalue weighted by molar-refractivity contribution is 6.61. The molecular weight excluding hydrogens is 337 g/mol. The van der Waals surface area contributed by atoms with Crippen LogP contribution < -0.4 is 14.9 Å². The summed E-state index contributed by atoms with van der Waals surface area (Å²) in [5, 5.41) is 18.8. The third-order valence-electron chi connectivity index (χ3n) is 4.43. The molecule has 7 nitrogen and oxygen atoms in total. The molecule has 1 aliphatic carbocycles. The Morgan fingerprint density at radius 1 is 1.31 bits per heavy atom. The molecule has 0 bridgehead atoms. The second-order valence-electron chi connectivity index (χ2n) is 6.46. The van der Waals surface area contributed by atoms with Gasteiger partial charge < -0.3 is 24.3 Å². The Kier molecular flexibility index (Phi) is 4.63. The van der Waals surface area contributed by atoms with Gasteiger partial charge in [0.1, 0.15) is 12.4 Å². The average Bonchev–Trinajstić information content (AvgIpc) is 3.42. The number of pyridine rings is 1. The van der Waals surface area contributed by atoms with Crippen LogP contribution in [0.4, 0.5) is 0 Å². The molecule has 0 spiro atoms.